The Morgan fingerprint density at radius 2 is 1.84 bits per heavy atom. The van der Waals surface area contributed by atoms with E-state index in [1.807, 2.05) is 36.4 Å². The molecule has 2 aromatic rings. The number of benzene rings is 2. The summed E-state index contributed by atoms with van der Waals surface area (Å²) in [4.78, 5) is 27.0. The highest BCUT2D eigenvalue weighted by Crippen LogP contribution is 2.42. The van der Waals surface area contributed by atoms with Gasteiger partial charge in [0.2, 0.25) is 0 Å². The lowest BCUT2D eigenvalue weighted by atomic mass is 9.96. The molecule has 0 radical (unpaired) electrons. The topological polar surface area (TPSA) is 115 Å². The predicted molar refractivity (Wildman–Crippen MR) is 142 cm³/mol. The smallest absolute Gasteiger partial charge is 0.410 e. The highest BCUT2D eigenvalue weighted by atomic mass is 16.6. The summed E-state index contributed by atoms with van der Waals surface area (Å²) in [5.41, 5.74) is 4.23. The van der Waals surface area contributed by atoms with Crippen LogP contribution in [-0.4, -0.2) is 54.3 Å². The number of nitrogens with zero attached hydrogens (tertiary/aromatic N) is 3. The molecule has 2 amide bonds. The van der Waals surface area contributed by atoms with Gasteiger partial charge in [-0.3, -0.25) is 4.79 Å². The van der Waals surface area contributed by atoms with Crippen molar-refractivity contribution in [1.29, 1.82) is 10.5 Å². The van der Waals surface area contributed by atoms with Crippen molar-refractivity contribution in [3.63, 3.8) is 0 Å². The number of hydrogen-bond acceptors (Lipinski definition) is 6. The van der Waals surface area contributed by atoms with Gasteiger partial charge in [-0.05, 0) is 80.3 Å². The minimum atomic E-state index is -0.875. The Balaban J connectivity index is 1.37. The van der Waals surface area contributed by atoms with Gasteiger partial charge < -0.3 is 19.7 Å². The molecule has 1 saturated carbocycles. The Morgan fingerprint density at radius 3 is 2.47 bits per heavy atom. The molecule has 1 N–H and O–H groups in total. The fourth-order valence-electron chi connectivity index (χ4n) is 4.51. The highest BCUT2D eigenvalue weighted by Gasteiger charge is 2.31. The van der Waals surface area contributed by atoms with Gasteiger partial charge in [0.15, 0.2) is 6.10 Å². The summed E-state index contributed by atoms with van der Waals surface area (Å²) in [7, 11) is 0. The van der Waals surface area contributed by atoms with Crippen LogP contribution in [0.5, 0.6) is 0 Å². The molecule has 4 rings (SSSR count). The lowest BCUT2D eigenvalue weighted by Gasteiger charge is -2.27. The summed E-state index contributed by atoms with van der Waals surface area (Å²) >= 11 is 0. The van der Waals surface area contributed by atoms with Gasteiger partial charge in [0.25, 0.3) is 5.91 Å². The van der Waals surface area contributed by atoms with Crippen molar-refractivity contribution in [1.82, 2.24) is 10.2 Å². The number of nitrogens with one attached hydrogen (secondary N) is 1. The van der Waals surface area contributed by atoms with Crippen LogP contribution in [0.4, 0.5) is 4.79 Å². The third-order valence-electron chi connectivity index (χ3n) is 6.61. The first-order chi connectivity index (χ1) is 18.2. The van der Waals surface area contributed by atoms with Gasteiger partial charge in [-0.2, -0.15) is 10.5 Å². The summed E-state index contributed by atoms with van der Waals surface area (Å²) in [6.45, 7) is 6.23. The second-order valence-corrected chi connectivity index (χ2v) is 10.9. The summed E-state index contributed by atoms with van der Waals surface area (Å²) in [6.07, 6.45) is 1.83. The molecule has 1 aliphatic heterocycles. The molecule has 0 aromatic heterocycles. The number of rotatable bonds is 6. The second kappa shape index (κ2) is 11.7. The van der Waals surface area contributed by atoms with Crippen molar-refractivity contribution < 1.29 is 19.1 Å². The average molecular weight is 515 g/mol. The number of nitriles is 2. The summed E-state index contributed by atoms with van der Waals surface area (Å²) in [5.74, 6) is 0.0614. The SMILES string of the molecule is CC(C)(C)OC(=O)N1CCCO[C@H](C(=O)N[C@H](C#N)Cc2ccc(-c3ccc(C#N)c(C4CC4)c3)cc2)C1. The number of carbonyl (C=O) groups is 2. The molecule has 8 heteroatoms. The van der Waals surface area contributed by atoms with Crippen LogP contribution >= 0.6 is 0 Å². The van der Waals surface area contributed by atoms with Crippen LogP contribution in [0, 0.1) is 22.7 Å². The van der Waals surface area contributed by atoms with Crippen LogP contribution in [0.25, 0.3) is 11.1 Å². The lowest BCUT2D eigenvalue weighted by Crippen LogP contribution is -2.48. The number of ether oxygens (including phenoxy) is 2. The van der Waals surface area contributed by atoms with E-state index in [1.54, 1.807) is 20.8 Å². The van der Waals surface area contributed by atoms with Crippen molar-refractivity contribution >= 4 is 12.0 Å². The average Bonchev–Trinajstić information content (AvgIpc) is 3.74. The van der Waals surface area contributed by atoms with Crippen LogP contribution < -0.4 is 5.32 Å². The largest absolute Gasteiger partial charge is 0.444 e. The molecule has 2 aliphatic rings. The maximum Gasteiger partial charge on any atom is 0.410 e. The van der Waals surface area contributed by atoms with Crippen molar-refractivity contribution in [2.75, 3.05) is 19.7 Å². The molecule has 0 bridgehead atoms. The van der Waals surface area contributed by atoms with Crippen molar-refractivity contribution in [3.05, 3.63) is 59.2 Å². The molecule has 1 saturated heterocycles. The first-order valence-corrected chi connectivity index (χ1v) is 13.1. The molecule has 1 aliphatic carbocycles. The fourth-order valence-corrected chi connectivity index (χ4v) is 4.51. The van der Waals surface area contributed by atoms with Gasteiger partial charge in [0.05, 0.1) is 24.2 Å². The molecule has 1 heterocycles. The fraction of sp³-hybridized carbons (Fsp3) is 0.467. The number of hydrogen-bond donors (Lipinski definition) is 1. The van der Waals surface area contributed by atoms with E-state index in [4.69, 9.17) is 9.47 Å². The van der Waals surface area contributed by atoms with E-state index in [0.717, 1.165) is 40.7 Å². The standard InChI is InChI=1S/C30H34N4O4/c1-30(2,3)38-29(36)34-13-4-14-37-27(19-34)28(35)33-25(18-32)15-20-5-7-21(8-6-20)23-11-12-24(17-31)26(16-23)22-9-10-22/h5-8,11-12,16,22,25,27H,4,9-10,13-15,19H2,1-3H3,(H,33,35)/t25-,27-/m0/s1. The third-order valence-corrected chi connectivity index (χ3v) is 6.61. The van der Waals surface area contributed by atoms with Crippen molar-refractivity contribution in [3.8, 4) is 23.3 Å². The predicted octanol–water partition coefficient (Wildman–Crippen LogP) is 4.68. The summed E-state index contributed by atoms with van der Waals surface area (Å²) < 4.78 is 11.1. The summed E-state index contributed by atoms with van der Waals surface area (Å²) in [5, 5.41) is 21.9. The zero-order valence-electron chi connectivity index (χ0n) is 22.2. The molecule has 0 spiro atoms. The van der Waals surface area contributed by atoms with E-state index in [9.17, 15) is 20.1 Å². The molecular weight excluding hydrogens is 480 g/mol. The molecule has 8 nitrogen and oxygen atoms in total. The number of carbonyl (C=O) groups excluding carboxylic acids is 2. The normalized spacial score (nSPS) is 18.4. The van der Waals surface area contributed by atoms with E-state index in [1.165, 1.54) is 4.90 Å². The van der Waals surface area contributed by atoms with Gasteiger partial charge in [-0.1, -0.05) is 30.3 Å². The van der Waals surface area contributed by atoms with Crippen LogP contribution in [0.2, 0.25) is 0 Å². The van der Waals surface area contributed by atoms with Gasteiger partial charge in [0.1, 0.15) is 11.6 Å². The van der Waals surface area contributed by atoms with Crippen LogP contribution in [0.15, 0.2) is 42.5 Å². The number of amides is 2. The Bertz CT molecular complexity index is 1250. The molecule has 2 fully saturated rings. The Hall–Kier alpha value is -3.88. The van der Waals surface area contributed by atoms with Crippen LogP contribution in [-0.2, 0) is 20.7 Å². The summed E-state index contributed by atoms with van der Waals surface area (Å²) in [6, 6.07) is 17.6. The van der Waals surface area contributed by atoms with Gasteiger partial charge in [-0.25, -0.2) is 4.79 Å². The molecular formula is C30H34N4O4. The Morgan fingerprint density at radius 1 is 1.13 bits per heavy atom. The molecule has 38 heavy (non-hydrogen) atoms. The first kappa shape index (κ1) is 27.2. The maximum absolute atomic E-state index is 13.0. The van der Waals surface area contributed by atoms with E-state index < -0.39 is 29.7 Å². The van der Waals surface area contributed by atoms with Crippen LogP contribution in [0.3, 0.4) is 0 Å². The van der Waals surface area contributed by atoms with Gasteiger partial charge in [-0.15, -0.1) is 0 Å². The molecule has 2 atom stereocenters. The molecule has 0 unspecified atom stereocenters. The lowest BCUT2D eigenvalue weighted by molar-refractivity contribution is -0.133. The van der Waals surface area contributed by atoms with E-state index in [-0.39, 0.29) is 6.54 Å². The van der Waals surface area contributed by atoms with E-state index >= 15 is 0 Å². The van der Waals surface area contributed by atoms with E-state index in [2.05, 4.69) is 23.5 Å². The Kier molecular flexibility index (Phi) is 8.34. The van der Waals surface area contributed by atoms with Crippen molar-refractivity contribution in [2.45, 2.75) is 70.1 Å². The van der Waals surface area contributed by atoms with Crippen molar-refractivity contribution in [2.24, 2.45) is 0 Å². The zero-order valence-corrected chi connectivity index (χ0v) is 22.2. The minimum Gasteiger partial charge on any atom is -0.444 e. The van der Waals surface area contributed by atoms with Gasteiger partial charge in [0, 0.05) is 19.6 Å². The van der Waals surface area contributed by atoms with E-state index in [0.29, 0.717) is 31.9 Å². The van der Waals surface area contributed by atoms with Crippen LogP contribution in [0.1, 0.15) is 62.6 Å². The monoisotopic (exact) mass is 514 g/mol. The zero-order chi connectivity index (χ0) is 27.3. The quantitative estimate of drug-likeness (QED) is 0.599. The third kappa shape index (κ3) is 7.12. The molecule has 2 aromatic carbocycles. The maximum atomic E-state index is 13.0. The first-order valence-electron chi connectivity index (χ1n) is 13.1. The molecule has 198 valence electrons. The van der Waals surface area contributed by atoms with Gasteiger partial charge >= 0.3 is 6.09 Å². The minimum absolute atomic E-state index is 0.0705. The highest BCUT2D eigenvalue weighted by molar-refractivity contribution is 5.82. The Labute approximate surface area is 224 Å². The second-order valence-electron chi connectivity index (χ2n) is 10.9.